The van der Waals surface area contributed by atoms with E-state index in [2.05, 4.69) is 65.5 Å². The van der Waals surface area contributed by atoms with Crippen molar-refractivity contribution in [2.45, 2.75) is 66.7 Å². The molecule has 0 bridgehead atoms. The van der Waals surface area contributed by atoms with Gasteiger partial charge in [-0.3, -0.25) is 0 Å². The topological polar surface area (TPSA) is 0 Å². The lowest BCUT2D eigenvalue weighted by atomic mass is 9.72. The van der Waals surface area contributed by atoms with Gasteiger partial charge >= 0.3 is 0 Å². The first kappa shape index (κ1) is 17.8. The van der Waals surface area contributed by atoms with Gasteiger partial charge in [0.15, 0.2) is 0 Å². The molecule has 2 rings (SSSR count). The van der Waals surface area contributed by atoms with E-state index in [9.17, 15) is 0 Å². The number of allylic oxidation sites excluding steroid dienone is 11. The van der Waals surface area contributed by atoms with E-state index in [1.807, 2.05) is 6.08 Å². The fraction of sp³-hybridized carbons (Fsp3) is 0.478. The van der Waals surface area contributed by atoms with Crippen molar-refractivity contribution in [3.63, 3.8) is 0 Å². The van der Waals surface area contributed by atoms with Crippen LogP contribution < -0.4 is 0 Å². The van der Waals surface area contributed by atoms with E-state index in [1.165, 1.54) is 47.1 Å². The van der Waals surface area contributed by atoms with Gasteiger partial charge in [0.05, 0.1) is 0 Å². The highest BCUT2D eigenvalue weighted by atomic mass is 14.3. The minimum Gasteiger partial charge on any atom is -0.0988 e. The second-order valence-electron chi connectivity index (χ2n) is 7.72. The van der Waals surface area contributed by atoms with E-state index in [4.69, 9.17) is 0 Å². The molecule has 0 spiro atoms. The van der Waals surface area contributed by atoms with Gasteiger partial charge < -0.3 is 0 Å². The zero-order valence-corrected chi connectivity index (χ0v) is 15.6. The highest BCUT2D eigenvalue weighted by molar-refractivity contribution is 5.46. The third-order valence-corrected chi connectivity index (χ3v) is 5.48. The molecular weight excluding hydrogens is 276 g/mol. The van der Waals surface area contributed by atoms with Crippen LogP contribution >= 0.6 is 0 Å². The second-order valence-corrected chi connectivity index (χ2v) is 7.72. The van der Waals surface area contributed by atoms with E-state index in [0.29, 0.717) is 5.41 Å². The van der Waals surface area contributed by atoms with Crippen molar-refractivity contribution in [2.75, 3.05) is 0 Å². The summed E-state index contributed by atoms with van der Waals surface area (Å²) < 4.78 is 0. The summed E-state index contributed by atoms with van der Waals surface area (Å²) in [6.45, 7) is 15.4. The van der Waals surface area contributed by atoms with Gasteiger partial charge in [-0.15, -0.1) is 0 Å². The van der Waals surface area contributed by atoms with Crippen molar-refractivity contribution < 1.29 is 0 Å². The average Bonchev–Trinajstić information content (AvgIpc) is 2.84. The van der Waals surface area contributed by atoms with Crippen LogP contribution in [0.4, 0.5) is 0 Å². The van der Waals surface area contributed by atoms with Gasteiger partial charge in [0.1, 0.15) is 0 Å². The Morgan fingerprint density at radius 1 is 1.13 bits per heavy atom. The fourth-order valence-corrected chi connectivity index (χ4v) is 3.83. The van der Waals surface area contributed by atoms with Crippen molar-refractivity contribution in [3.05, 3.63) is 70.4 Å². The van der Waals surface area contributed by atoms with Gasteiger partial charge in [-0.25, -0.2) is 0 Å². The van der Waals surface area contributed by atoms with E-state index >= 15 is 0 Å². The lowest BCUT2D eigenvalue weighted by Crippen LogP contribution is -2.19. The molecule has 124 valence electrons. The zero-order valence-electron chi connectivity index (χ0n) is 15.6. The summed E-state index contributed by atoms with van der Waals surface area (Å²) in [6, 6.07) is 0. The quantitative estimate of drug-likeness (QED) is 0.480. The third-order valence-electron chi connectivity index (χ3n) is 5.48. The van der Waals surface area contributed by atoms with Crippen LogP contribution in [0.5, 0.6) is 0 Å². The molecule has 0 atom stereocenters. The lowest BCUT2D eigenvalue weighted by Gasteiger charge is -2.32. The summed E-state index contributed by atoms with van der Waals surface area (Å²) in [6.07, 6.45) is 17.4. The van der Waals surface area contributed by atoms with Gasteiger partial charge in [-0.1, -0.05) is 62.0 Å². The summed E-state index contributed by atoms with van der Waals surface area (Å²) in [5, 5.41) is 0. The first-order valence-electron chi connectivity index (χ1n) is 8.93. The molecule has 0 radical (unpaired) electrons. The first-order chi connectivity index (χ1) is 10.8. The normalized spacial score (nSPS) is 24.2. The van der Waals surface area contributed by atoms with Crippen molar-refractivity contribution in [3.8, 4) is 0 Å². The average molecular weight is 309 g/mol. The predicted molar refractivity (Wildman–Crippen MR) is 103 cm³/mol. The van der Waals surface area contributed by atoms with Crippen molar-refractivity contribution >= 4 is 0 Å². The van der Waals surface area contributed by atoms with E-state index in [-0.39, 0.29) is 0 Å². The molecule has 0 fully saturated rings. The predicted octanol–water partition coefficient (Wildman–Crippen LogP) is 7.24. The Morgan fingerprint density at radius 3 is 2.48 bits per heavy atom. The van der Waals surface area contributed by atoms with Gasteiger partial charge in [0.25, 0.3) is 0 Å². The molecule has 0 heterocycles. The van der Waals surface area contributed by atoms with Crippen molar-refractivity contribution in [1.82, 2.24) is 0 Å². The van der Waals surface area contributed by atoms with Crippen LogP contribution in [-0.2, 0) is 0 Å². The summed E-state index contributed by atoms with van der Waals surface area (Å²) >= 11 is 0. The summed E-state index contributed by atoms with van der Waals surface area (Å²) in [5.74, 6) is 0. The molecule has 0 amide bonds. The van der Waals surface area contributed by atoms with Gasteiger partial charge in [0.2, 0.25) is 0 Å². The highest BCUT2D eigenvalue weighted by Crippen LogP contribution is 2.40. The largest absolute Gasteiger partial charge is 0.0988 e. The number of hydrogen-bond acceptors (Lipinski definition) is 0. The standard InChI is InChI=1S/C23H32/c1-7-20-13-14-21(19(20)4)12-10-17(2)11-15-22-18(3)9-8-16-23(22,5)6/h7,10-12,15H,1,8-9,13-14,16H2,2-6H3. The molecule has 0 unspecified atom stereocenters. The molecule has 0 aromatic carbocycles. The molecular formula is C23H32. The number of rotatable bonds is 4. The number of hydrogen-bond donors (Lipinski definition) is 0. The molecule has 0 heteroatoms. The Bertz CT molecular complexity index is 627. The minimum atomic E-state index is 0.321. The van der Waals surface area contributed by atoms with E-state index < -0.39 is 0 Å². The van der Waals surface area contributed by atoms with Gasteiger partial charge in [-0.2, -0.15) is 0 Å². The first-order valence-corrected chi connectivity index (χ1v) is 8.93. The van der Waals surface area contributed by atoms with Gasteiger partial charge in [0, 0.05) is 0 Å². The van der Waals surface area contributed by atoms with E-state index in [1.54, 1.807) is 5.57 Å². The molecule has 0 saturated heterocycles. The second kappa shape index (κ2) is 7.34. The Labute approximate surface area is 143 Å². The Balaban J connectivity index is 2.14. The van der Waals surface area contributed by atoms with Crippen LogP contribution in [0, 0.1) is 5.41 Å². The summed E-state index contributed by atoms with van der Waals surface area (Å²) in [7, 11) is 0. The molecule has 0 aromatic rings. The molecule has 2 aliphatic carbocycles. The van der Waals surface area contributed by atoms with E-state index in [0.717, 1.165) is 12.8 Å². The SMILES string of the molecule is C=CC1=C(C)C(=CC=C(C)C=CC2=C(C)CCCC2(C)C)CC1. The molecule has 0 aliphatic heterocycles. The minimum absolute atomic E-state index is 0.321. The maximum absolute atomic E-state index is 3.91. The molecule has 2 aliphatic rings. The molecule has 0 saturated carbocycles. The Hall–Kier alpha value is -1.56. The van der Waals surface area contributed by atoms with Gasteiger partial charge in [-0.05, 0) is 80.6 Å². The molecule has 0 aromatic heterocycles. The van der Waals surface area contributed by atoms with Crippen LogP contribution in [0.15, 0.2) is 70.4 Å². The molecule has 0 nitrogen and oxygen atoms in total. The third kappa shape index (κ3) is 4.25. The smallest absolute Gasteiger partial charge is 0.0104 e. The lowest BCUT2D eigenvalue weighted by molar-refractivity contribution is 0.377. The molecule has 0 N–H and O–H groups in total. The van der Waals surface area contributed by atoms with Crippen LogP contribution in [0.2, 0.25) is 0 Å². The summed E-state index contributed by atoms with van der Waals surface area (Å²) in [5.41, 5.74) is 9.02. The highest BCUT2D eigenvalue weighted by Gasteiger charge is 2.26. The Morgan fingerprint density at radius 2 is 1.87 bits per heavy atom. The monoisotopic (exact) mass is 308 g/mol. The zero-order chi connectivity index (χ0) is 17.0. The van der Waals surface area contributed by atoms with Crippen LogP contribution in [-0.4, -0.2) is 0 Å². The van der Waals surface area contributed by atoms with Crippen LogP contribution in [0.25, 0.3) is 0 Å². The van der Waals surface area contributed by atoms with Crippen LogP contribution in [0.1, 0.15) is 66.7 Å². The Kier molecular flexibility index (Phi) is 5.68. The molecule has 23 heavy (non-hydrogen) atoms. The maximum Gasteiger partial charge on any atom is -0.0104 e. The van der Waals surface area contributed by atoms with Crippen LogP contribution in [0.3, 0.4) is 0 Å². The fourth-order valence-electron chi connectivity index (χ4n) is 3.83. The summed E-state index contributed by atoms with van der Waals surface area (Å²) in [4.78, 5) is 0. The van der Waals surface area contributed by atoms with Crippen molar-refractivity contribution in [2.24, 2.45) is 5.41 Å². The van der Waals surface area contributed by atoms with Crippen molar-refractivity contribution in [1.29, 1.82) is 0 Å². The maximum atomic E-state index is 3.91.